The molecule has 1 atom stereocenters. The van der Waals surface area contributed by atoms with Crippen molar-refractivity contribution in [3.8, 4) is 0 Å². The van der Waals surface area contributed by atoms with Crippen molar-refractivity contribution in [1.82, 2.24) is 5.32 Å². The van der Waals surface area contributed by atoms with E-state index in [1.807, 2.05) is 23.9 Å². The molecule has 1 saturated heterocycles. The standard InChI is InChI=1S/C18H18FNS/c19-16-7-3-2-6-15(16)18(11-20-12-18)9-13-10-21-17-8-4-1-5-14(13)17/h1-8,13,20H,9-12H2. The van der Waals surface area contributed by atoms with Crippen LogP contribution in [0.3, 0.4) is 0 Å². The van der Waals surface area contributed by atoms with Crippen LogP contribution in [0.5, 0.6) is 0 Å². The van der Waals surface area contributed by atoms with Crippen LogP contribution in [0, 0.1) is 5.82 Å². The van der Waals surface area contributed by atoms with Gasteiger partial charge in [0.1, 0.15) is 5.82 Å². The van der Waals surface area contributed by atoms with E-state index in [9.17, 15) is 4.39 Å². The van der Waals surface area contributed by atoms with Gasteiger partial charge in [0.2, 0.25) is 0 Å². The minimum Gasteiger partial charge on any atom is -0.315 e. The predicted octanol–water partition coefficient (Wildman–Crippen LogP) is 3.95. The topological polar surface area (TPSA) is 12.0 Å². The maximum absolute atomic E-state index is 14.2. The van der Waals surface area contributed by atoms with Gasteiger partial charge in [-0.3, -0.25) is 0 Å². The van der Waals surface area contributed by atoms with Crippen molar-refractivity contribution in [1.29, 1.82) is 0 Å². The third-order valence-corrected chi connectivity index (χ3v) is 6.06. The Kier molecular flexibility index (Phi) is 3.27. The molecule has 3 heteroatoms. The lowest BCUT2D eigenvalue weighted by molar-refractivity contribution is 0.237. The zero-order valence-corrected chi connectivity index (χ0v) is 12.6. The third kappa shape index (κ3) is 2.19. The van der Waals surface area contributed by atoms with E-state index in [1.54, 1.807) is 12.1 Å². The average molecular weight is 299 g/mol. The van der Waals surface area contributed by atoms with Crippen molar-refractivity contribution in [2.45, 2.75) is 22.6 Å². The van der Waals surface area contributed by atoms with Gasteiger partial charge in [0.25, 0.3) is 0 Å². The van der Waals surface area contributed by atoms with Gasteiger partial charge in [0.05, 0.1) is 0 Å². The van der Waals surface area contributed by atoms with Crippen LogP contribution in [-0.2, 0) is 5.41 Å². The van der Waals surface area contributed by atoms with Gasteiger partial charge in [-0.25, -0.2) is 4.39 Å². The van der Waals surface area contributed by atoms with Gasteiger partial charge in [-0.2, -0.15) is 0 Å². The van der Waals surface area contributed by atoms with E-state index in [1.165, 1.54) is 10.5 Å². The molecule has 0 bridgehead atoms. The molecule has 0 aliphatic carbocycles. The van der Waals surface area contributed by atoms with E-state index in [2.05, 4.69) is 29.6 Å². The average Bonchev–Trinajstić information content (AvgIpc) is 2.87. The molecule has 0 amide bonds. The quantitative estimate of drug-likeness (QED) is 0.921. The summed E-state index contributed by atoms with van der Waals surface area (Å²) >= 11 is 1.94. The molecule has 2 aromatic rings. The highest BCUT2D eigenvalue weighted by molar-refractivity contribution is 7.99. The van der Waals surface area contributed by atoms with Crippen molar-refractivity contribution < 1.29 is 4.39 Å². The highest BCUT2D eigenvalue weighted by atomic mass is 32.2. The zero-order valence-electron chi connectivity index (χ0n) is 11.8. The summed E-state index contributed by atoms with van der Waals surface area (Å²) in [5.74, 6) is 1.60. The summed E-state index contributed by atoms with van der Waals surface area (Å²) < 4.78 is 14.2. The molecule has 0 saturated carbocycles. The van der Waals surface area contributed by atoms with Crippen molar-refractivity contribution >= 4 is 11.8 Å². The molecule has 2 aliphatic heterocycles. The number of rotatable bonds is 3. The third-order valence-electron chi connectivity index (χ3n) is 4.81. The minimum atomic E-state index is -0.0575. The lowest BCUT2D eigenvalue weighted by Gasteiger charge is -2.45. The van der Waals surface area contributed by atoms with E-state index >= 15 is 0 Å². The summed E-state index contributed by atoms with van der Waals surface area (Å²) in [5, 5.41) is 3.35. The lowest BCUT2D eigenvalue weighted by Crippen LogP contribution is -2.57. The predicted molar refractivity (Wildman–Crippen MR) is 85.5 cm³/mol. The largest absolute Gasteiger partial charge is 0.315 e. The van der Waals surface area contributed by atoms with Crippen LogP contribution < -0.4 is 5.32 Å². The SMILES string of the molecule is Fc1ccccc1C1(CC2CSc3ccccc32)CNC1. The Morgan fingerprint density at radius 2 is 1.86 bits per heavy atom. The van der Waals surface area contributed by atoms with Crippen molar-refractivity contribution in [3.63, 3.8) is 0 Å². The first-order chi connectivity index (χ1) is 10.3. The van der Waals surface area contributed by atoms with Crippen molar-refractivity contribution in [3.05, 3.63) is 65.5 Å². The molecule has 4 rings (SSSR count). The van der Waals surface area contributed by atoms with Crippen LogP contribution in [0.25, 0.3) is 0 Å². The van der Waals surface area contributed by atoms with E-state index in [0.717, 1.165) is 30.8 Å². The normalized spacial score (nSPS) is 22.6. The van der Waals surface area contributed by atoms with Gasteiger partial charge < -0.3 is 5.32 Å². The summed E-state index contributed by atoms with van der Waals surface area (Å²) in [5.41, 5.74) is 2.30. The fourth-order valence-electron chi connectivity index (χ4n) is 3.63. The second-order valence-corrected chi connectivity index (χ2v) is 7.18. The van der Waals surface area contributed by atoms with Gasteiger partial charge >= 0.3 is 0 Å². The minimum absolute atomic E-state index is 0.0337. The molecule has 0 radical (unpaired) electrons. The van der Waals surface area contributed by atoms with Crippen molar-refractivity contribution in [2.75, 3.05) is 18.8 Å². The van der Waals surface area contributed by atoms with Crippen LogP contribution in [-0.4, -0.2) is 18.8 Å². The van der Waals surface area contributed by atoms with Gasteiger partial charge in [0, 0.05) is 29.2 Å². The molecule has 1 N–H and O–H groups in total. The van der Waals surface area contributed by atoms with E-state index in [-0.39, 0.29) is 11.2 Å². The molecule has 2 aromatic carbocycles. The fraction of sp³-hybridized carbons (Fsp3) is 0.333. The van der Waals surface area contributed by atoms with Gasteiger partial charge in [-0.05, 0) is 35.6 Å². The second-order valence-electron chi connectivity index (χ2n) is 6.11. The lowest BCUT2D eigenvalue weighted by atomic mass is 9.68. The summed E-state index contributed by atoms with van der Waals surface area (Å²) in [6.45, 7) is 1.77. The van der Waals surface area contributed by atoms with E-state index < -0.39 is 0 Å². The maximum Gasteiger partial charge on any atom is 0.127 e. The molecule has 1 unspecified atom stereocenters. The van der Waals surface area contributed by atoms with Crippen molar-refractivity contribution in [2.24, 2.45) is 0 Å². The molecule has 0 aromatic heterocycles. The van der Waals surface area contributed by atoms with Crippen LogP contribution in [0.2, 0.25) is 0 Å². The summed E-state index contributed by atoms with van der Waals surface area (Å²) in [4.78, 5) is 1.40. The Morgan fingerprint density at radius 1 is 1.10 bits per heavy atom. The summed E-state index contributed by atoms with van der Waals surface area (Å²) in [6, 6.07) is 15.9. The molecule has 1 nitrogen and oxygen atoms in total. The first kappa shape index (κ1) is 13.4. The Balaban J connectivity index is 1.65. The van der Waals surface area contributed by atoms with E-state index in [4.69, 9.17) is 0 Å². The summed E-state index contributed by atoms with van der Waals surface area (Å²) in [7, 11) is 0. The Morgan fingerprint density at radius 3 is 2.62 bits per heavy atom. The monoisotopic (exact) mass is 299 g/mol. The number of fused-ring (bicyclic) bond motifs is 1. The highest BCUT2D eigenvalue weighted by Gasteiger charge is 2.43. The number of nitrogens with one attached hydrogen (secondary N) is 1. The van der Waals surface area contributed by atoms with E-state index in [0.29, 0.717) is 5.92 Å². The number of thioether (sulfide) groups is 1. The number of benzene rings is 2. The number of halogens is 1. The number of hydrogen-bond acceptors (Lipinski definition) is 2. The van der Waals surface area contributed by atoms with Gasteiger partial charge in [-0.1, -0.05) is 36.4 Å². The fourth-order valence-corrected chi connectivity index (χ4v) is 4.89. The van der Waals surface area contributed by atoms with Crippen LogP contribution in [0.4, 0.5) is 4.39 Å². The molecular weight excluding hydrogens is 281 g/mol. The molecule has 0 spiro atoms. The molecule has 2 heterocycles. The highest BCUT2D eigenvalue weighted by Crippen LogP contribution is 2.47. The second kappa shape index (κ2) is 5.15. The Labute approximate surface area is 129 Å². The first-order valence-electron chi connectivity index (χ1n) is 7.46. The zero-order chi connectivity index (χ0) is 14.3. The Bertz CT molecular complexity index is 666. The molecular formula is C18H18FNS. The van der Waals surface area contributed by atoms with Crippen LogP contribution >= 0.6 is 11.8 Å². The smallest absolute Gasteiger partial charge is 0.127 e. The van der Waals surface area contributed by atoms with Crippen LogP contribution in [0.15, 0.2) is 53.4 Å². The maximum atomic E-state index is 14.2. The molecule has 1 fully saturated rings. The van der Waals surface area contributed by atoms with Gasteiger partial charge in [0.15, 0.2) is 0 Å². The summed E-state index contributed by atoms with van der Waals surface area (Å²) in [6.07, 6.45) is 1.03. The first-order valence-corrected chi connectivity index (χ1v) is 8.45. The molecule has 2 aliphatic rings. The van der Waals surface area contributed by atoms with Crippen LogP contribution in [0.1, 0.15) is 23.5 Å². The molecule has 108 valence electrons. The Hall–Kier alpha value is -1.32. The number of hydrogen-bond donors (Lipinski definition) is 1. The molecule has 21 heavy (non-hydrogen) atoms. The van der Waals surface area contributed by atoms with Gasteiger partial charge in [-0.15, -0.1) is 11.8 Å².